The second kappa shape index (κ2) is 7.70. The van der Waals surface area contributed by atoms with Crippen molar-refractivity contribution in [1.29, 1.82) is 0 Å². The number of ketones is 1. The van der Waals surface area contributed by atoms with E-state index in [1.807, 2.05) is 0 Å². The molecular formula is C18H20O6. The van der Waals surface area contributed by atoms with E-state index in [9.17, 15) is 9.90 Å². The molecule has 0 aromatic heterocycles. The number of ether oxygens (including phenoxy) is 4. The number of benzene rings is 2. The van der Waals surface area contributed by atoms with Crippen molar-refractivity contribution in [3.8, 4) is 23.0 Å². The molecular weight excluding hydrogens is 312 g/mol. The molecule has 0 fully saturated rings. The molecule has 0 aliphatic rings. The monoisotopic (exact) mass is 332 g/mol. The Kier molecular flexibility index (Phi) is 5.65. The fourth-order valence-corrected chi connectivity index (χ4v) is 2.54. The largest absolute Gasteiger partial charge is 0.504 e. The van der Waals surface area contributed by atoms with Crippen molar-refractivity contribution < 1.29 is 28.8 Å². The summed E-state index contributed by atoms with van der Waals surface area (Å²) in [6.07, 6.45) is 0. The number of phenols is 1. The lowest BCUT2D eigenvalue weighted by molar-refractivity contribution is 0.102. The average molecular weight is 332 g/mol. The van der Waals surface area contributed by atoms with Crippen molar-refractivity contribution >= 4 is 5.78 Å². The van der Waals surface area contributed by atoms with Crippen LogP contribution < -0.4 is 14.2 Å². The number of carbonyl (C=O) groups excluding carboxylic acids is 1. The number of hydrogen-bond donors (Lipinski definition) is 1. The van der Waals surface area contributed by atoms with Crippen molar-refractivity contribution in [1.82, 2.24) is 0 Å². The van der Waals surface area contributed by atoms with Crippen LogP contribution in [0, 0.1) is 0 Å². The van der Waals surface area contributed by atoms with Gasteiger partial charge in [-0.25, -0.2) is 0 Å². The Labute approximate surface area is 140 Å². The second-order valence-electron chi connectivity index (χ2n) is 4.96. The lowest BCUT2D eigenvalue weighted by atomic mass is 9.96. The first-order valence-corrected chi connectivity index (χ1v) is 7.22. The van der Waals surface area contributed by atoms with E-state index >= 15 is 0 Å². The molecule has 128 valence electrons. The smallest absolute Gasteiger partial charge is 0.201 e. The van der Waals surface area contributed by atoms with Gasteiger partial charge in [0.2, 0.25) is 5.78 Å². The van der Waals surface area contributed by atoms with Crippen LogP contribution in [0.2, 0.25) is 0 Å². The van der Waals surface area contributed by atoms with Crippen LogP contribution in [0.1, 0.15) is 21.5 Å². The molecule has 0 atom stereocenters. The zero-order chi connectivity index (χ0) is 17.7. The maximum Gasteiger partial charge on any atom is 0.201 e. The van der Waals surface area contributed by atoms with Gasteiger partial charge in [-0.05, 0) is 23.8 Å². The highest BCUT2D eigenvalue weighted by Gasteiger charge is 2.25. The standard InChI is InChI=1S/C18H20O6/c1-21-10-11-8-9-13(19)18(24-4)15(11)16(20)12-6-5-7-14(22-2)17(12)23-3/h5-9,19H,10H2,1-4H3. The van der Waals surface area contributed by atoms with Gasteiger partial charge in [-0.15, -0.1) is 0 Å². The van der Waals surface area contributed by atoms with Gasteiger partial charge >= 0.3 is 0 Å². The Morgan fingerprint density at radius 3 is 2.25 bits per heavy atom. The minimum atomic E-state index is -0.356. The summed E-state index contributed by atoms with van der Waals surface area (Å²) in [5, 5.41) is 10.0. The van der Waals surface area contributed by atoms with Gasteiger partial charge in [0.15, 0.2) is 23.0 Å². The number of carbonyl (C=O) groups is 1. The Balaban J connectivity index is 2.68. The molecule has 0 saturated carbocycles. The molecule has 0 aliphatic carbocycles. The van der Waals surface area contributed by atoms with Crippen LogP contribution >= 0.6 is 0 Å². The molecule has 0 radical (unpaired) electrons. The van der Waals surface area contributed by atoms with Crippen molar-refractivity contribution in [2.75, 3.05) is 28.4 Å². The number of aromatic hydroxyl groups is 1. The molecule has 1 N–H and O–H groups in total. The van der Waals surface area contributed by atoms with E-state index in [0.29, 0.717) is 22.6 Å². The molecule has 2 aromatic carbocycles. The van der Waals surface area contributed by atoms with Gasteiger partial charge in [0.25, 0.3) is 0 Å². The van der Waals surface area contributed by atoms with Crippen LogP contribution in [-0.2, 0) is 11.3 Å². The highest BCUT2D eigenvalue weighted by atomic mass is 16.5. The maximum absolute atomic E-state index is 13.1. The van der Waals surface area contributed by atoms with Crippen LogP contribution in [0.3, 0.4) is 0 Å². The van der Waals surface area contributed by atoms with Gasteiger partial charge in [-0.1, -0.05) is 12.1 Å². The highest BCUT2D eigenvalue weighted by molar-refractivity contribution is 6.14. The molecule has 0 saturated heterocycles. The van der Waals surface area contributed by atoms with Crippen molar-refractivity contribution in [2.24, 2.45) is 0 Å². The van der Waals surface area contributed by atoms with E-state index in [2.05, 4.69) is 0 Å². The summed E-state index contributed by atoms with van der Waals surface area (Å²) in [5.41, 5.74) is 1.13. The van der Waals surface area contributed by atoms with Crippen molar-refractivity contribution in [2.45, 2.75) is 6.61 Å². The van der Waals surface area contributed by atoms with E-state index in [4.69, 9.17) is 18.9 Å². The zero-order valence-corrected chi connectivity index (χ0v) is 14.1. The van der Waals surface area contributed by atoms with Gasteiger partial charge < -0.3 is 24.1 Å². The third-order valence-corrected chi connectivity index (χ3v) is 3.60. The van der Waals surface area contributed by atoms with Crippen molar-refractivity contribution in [3.63, 3.8) is 0 Å². The number of rotatable bonds is 7. The zero-order valence-electron chi connectivity index (χ0n) is 14.1. The lowest BCUT2D eigenvalue weighted by Gasteiger charge is -2.16. The number of phenolic OH excluding ortho intramolecular Hbond substituents is 1. The van der Waals surface area contributed by atoms with Crippen LogP contribution in [0.25, 0.3) is 0 Å². The van der Waals surface area contributed by atoms with Gasteiger partial charge in [0.1, 0.15) is 0 Å². The van der Waals surface area contributed by atoms with E-state index in [0.717, 1.165) is 0 Å². The summed E-state index contributed by atoms with van der Waals surface area (Å²) in [4.78, 5) is 13.1. The molecule has 0 bridgehead atoms. The third-order valence-electron chi connectivity index (χ3n) is 3.60. The number of para-hydroxylation sites is 1. The Bertz CT molecular complexity index is 739. The summed E-state index contributed by atoms with van der Waals surface area (Å²) >= 11 is 0. The minimum absolute atomic E-state index is 0.0967. The van der Waals surface area contributed by atoms with Gasteiger partial charge in [0, 0.05) is 7.11 Å². The molecule has 0 spiro atoms. The molecule has 0 aliphatic heterocycles. The van der Waals surface area contributed by atoms with Crippen LogP contribution in [0.4, 0.5) is 0 Å². The fraction of sp³-hybridized carbons (Fsp3) is 0.278. The molecule has 6 nitrogen and oxygen atoms in total. The number of methoxy groups -OCH3 is 4. The molecule has 2 rings (SSSR count). The first kappa shape index (κ1) is 17.6. The first-order valence-electron chi connectivity index (χ1n) is 7.22. The quantitative estimate of drug-likeness (QED) is 0.786. The van der Waals surface area contributed by atoms with Crippen LogP contribution in [-0.4, -0.2) is 39.3 Å². The van der Waals surface area contributed by atoms with Crippen LogP contribution in [0.5, 0.6) is 23.0 Å². The molecule has 2 aromatic rings. The van der Waals surface area contributed by atoms with Crippen LogP contribution in [0.15, 0.2) is 30.3 Å². The Hall–Kier alpha value is -2.73. The third kappa shape index (κ3) is 3.14. The molecule has 0 amide bonds. The summed E-state index contributed by atoms with van der Waals surface area (Å²) in [6, 6.07) is 8.11. The Morgan fingerprint density at radius 2 is 1.67 bits per heavy atom. The van der Waals surface area contributed by atoms with Crippen molar-refractivity contribution in [3.05, 3.63) is 47.0 Å². The van der Waals surface area contributed by atoms with E-state index in [-0.39, 0.29) is 29.5 Å². The highest BCUT2D eigenvalue weighted by Crippen LogP contribution is 2.38. The Morgan fingerprint density at radius 1 is 0.958 bits per heavy atom. The van der Waals surface area contributed by atoms with E-state index < -0.39 is 0 Å². The summed E-state index contributed by atoms with van der Waals surface area (Å²) in [5.74, 6) is 0.377. The second-order valence-corrected chi connectivity index (χ2v) is 4.96. The molecule has 0 unspecified atom stereocenters. The van der Waals surface area contributed by atoms with Gasteiger partial charge in [-0.3, -0.25) is 4.79 Å². The summed E-state index contributed by atoms with van der Waals surface area (Å²) < 4.78 is 21.0. The molecule has 24 heavy (non-hydrogen) atoms. The average Bonchev–Trinajstić information content (AvgIpc) is 2.61. The lowest BCUT2D eigenvalue weighted by Crippen LogP contribution is -2.10. The predicted molar refractivity (Wildman–Crippen MR) is 88.4 cm³/mol. The van der Waals surface area contributed by atoms with E-state index in [1.54, 1.807) is 24.3 Å². The predicted octanol–water partition coefficient (Wildman–Crippen LogP) is 2.80. The normalized spacial score (nSPS) is 10.3. The minimum Gasteiger partial charge on any atom is -0.504 e. The fourth-order valence-electron chi connectivity index (χ4n) is 2.54. The topological polar surface area (TPSA) is 74.2 Å². The van der Waals surface area contributed by atoms with Gasteiger partial charge in [-0.2, -0.15) is 0 Å². The van der Waals surface area contributed by atoms with E-state index in [1.165, 1.54) is 34.5 Å². The molecule has 0 heterocycles. The first-order chi connectivity index (χ1) is 11.6. The maximum atomic E-state index is 13.1. The summed E-state index contributed by atoms with van der Waals surface area (Å²) in [6.45, 7) is 0.198. The van der Waals surface area contributed by atoms with Gasteiger partial charge in [0.05, 0.1) is 39.1 Å². The number of hydrogen-bond acceptors (Lipinski definition) is 6. The SMILES string of the molecule is COCc1ccc(O)c(OC)c1C(=O)c1cccc(OC)c1OC. The summed E-state index contributed by atoms with van der Waals surface area (Å²) in [7, 11) is 5.88. The molecule has 6 heteroatoms.